The van der Waals surface area contributed by atoms with E-state index in [0.717, 1.165) is 11.8 Å². The minimum atomic E-state index is -0.906. The van der Waals surface area contributed by atoms with Gasteiger partial charge in [0.1, 0.15) is 0 Å². The molecule has 3 nitrogen and oxygen atoms in total. The van der Waals surface area contributed by atoms with Crippen molar-refractivity contribution in [1.82, 2.24) is 0 Å². The molecular formula is C9H8O3S2. The summed E-state index contributed by atoms with van der Waals surface area (Å²) in [5, 5.41) is 8.13. The first-order valence-corrected chi connectivity index (χ1v) is 5.21. The van der Waals surface area contributed by atoms with Gasteiger partial charge in [-0.1, -0.05) is 12.1 Å². The van der Waals surface area contributed by atoms with E-state index in [1.165, 1.54) is 0 Å². The molecule has 0 aliphatic heterocycles. The molecule has 0 saturated heterocycles. The first-order valence-electron chi connectivity index (χ1n) is 3.78. The normalized spacial score (nSPS) is 9.79. The molecule has 0 heterocycles. The van der Waals surface area contributed by atoms with Gasteiger partial charge in [-0.3, -0.25) is 9.59 Å². The molecule has 74 valence electrons. The van der Waals surface area contributed by atoms with Crippen molar-refractivity contribution in [3.05, 3.63) is 29.8 Å². The van der Waals surface area contributed by atoms with Gasteiger partial charge in [0, 0.05) is 10.5 Å². The molecule has 0 aliphatic rings. The van der Waals surface area contributed by atoms with Crippen molar-refractivity contribution >= 4 is 35.5 Å². The highest BCUT2D eigenvalue weighted by molar-refractivity contribution is 8.00. The Balaban J connectivity index is 2.84. The second kappa shape index (κ2) is 5.07. The van der Waals surface area contributed by atoms with Gasteiger partial charge in [-0.2, -0.15) is 0 Å². The van der Waals surface area contributed by atoms with Crippen molar-refractivity contribution in [3.63, 3.8) is 0 Å². The van der Waals surface area contributed by atoms with E-state index in [2.05, 4.69) is 12.6 Å². The topological polar surface area (TPSA) is 54.4 Å². The van der Waals surface area contributed by atoms with E-state index in [0.29, 0.717) is 10.5 Å². The maximum Gasteiger partial charge on any atom is 0.313 e. The molecule has 1 aromatic rings. The van der Waals surface area contributed by atoms with Crippen LogP contribution in [0.25, 0.3) is 0 Å². The number of carboxylic acid groups (broad SMARTS) is 1. The quantitative estimate of drug-likeness (QED) is 0.611. The van der Waals surface area contributed by atoms with Gasteiger partial charge in [0.2, 0.25) is 5.12 Å². The number of hydrogen-bond acceptors (Lipinski definition) is 3. The highest BCUT2D eigenvalue weighted by atomic mass is 32.2. The van der Waals surface area contributed by atoms with Gasteiger partial charge in [0.05, 0.1) is 5.75 Å². The number of carboxylic acids is 1. The molecule has 0 spiro atoms. The fourth-order valence-corrected chi connectivity index (χ4v) is 1.95. The summed E-state index contributed by atoms with van der Waals surface area (Å²) in [7, 11) is 0. The zero-order chi connectivity index (χ0) is 10.6. The van der Waals surface area contributed by atoms with Gasteiger partial charge in [0.15, 0.2) is 0 Å². The average Bonchev–Trinajstić information content (AvgIpc) is 2.15. The van der Waals surface area contributed by atoms with Gasteiger partial charge < -0.3 is 5.11 Å². The molecule has 0 amide bonds. The summed E-state index contributed by atoms with van der Waals surface area (Å²) in [6.07, 6.45) is 0. The Bertz CT molecular complexity index is 363. The Morgan fingerprint density at radius 2 is 2.00 bits per heavy atom. The van der Waals surface area contributed by atoms with Crippen LogP contribution in [0.3, 0.4) is 0 Å². The Morgan fingerprint density at radius 1 is 1.36 bits per heavy atom. The van der Waals surface area contributed by atoms with Gasteiger partial charge in [0.25, 0.3) is 0 Å². The molecule has 0 atom stereocenters. The summed E-state index contributed by atoms with van der Waals surface area (Å²) in [5.74, 6) is -0.964. The van der Waals surface area contributed by atoms with Crippen molar-refractivity contribution in [2.24, 2.45) is 0 Å². The van der Waals surface area contributed by atoms with Crippen LogP contribution in [-0.2, 0) is 4.79 Å². The minimum absolute atomic E-state index is 0.0575. The fourth-order valence-electron chi connectivity index (χ4n) is 0.909. The Hall–Kier alpha value is -0.940. The largest absolute Gasteiger partial charge is 0.481 e. The summed E-state index contributed by atoms with van der Waals surface area (Å²) in [6, 6.07) is 6.80. The molecule has 0 unspecified atom stereocenters. The summed E-state index contributed by atoms with van der Waals surface area (Å²) in [4.78, 5) is 22.0. The van der Waals surface area contributed by atoms with E-state index in [1.807, 2.05) is 0 Å². The smallest absolute Gasteiger partial charge is 0.313 e. The number of thioether (sulfide) groups is 1. The Labute approximate surface area is 90.9 Å². The van der Waals surface area contributed by atoms with E-state index in [1.54, 1.807) is 24.3 Å². The number of carbonyl (C=O) groups excluding carboxylic acids is 1. The lowest BCUT2D eigenvalue weighted by Gasteiger charge is -2.03. The molecule has 1 rings (SSSR count). The van der Waals surface area contributed by atoms with Gasteiger partial charge in [-0.15, -0.1) is 24.4 Å². The number of rotatable bonds is 4. The lowest BCUT2D eigenvalue weighted by Crippen LogP contribution is -1.99. The predicted octanol–water partition coefficient (Wildman–Crippen LogP) is 1.93. The molecule has 0 aliphatic carbocycles. The first kappa shape index (κ1) is 11.1. The third-order valence-corrected chi connectivity index (χ3v) is 2.77. The molecule has 0 saturated carbocycles. The molecule has 0 aromatic heterocycles. The lowest BCUT2D eigenvalue weighted by molar-refractivity contribution is -0.133. The monoisotopic (exact) mass is 228 g/mol. The van der Waals surface area contributed by atoms with Crippen LogP contribution in [-0.4, -0.2) is 21.9 Å². The van der Waals surface area contributed by atoms with Gasteiger partial charge in [-0.25, -0.2) is 0 Å². The Kier molecular flexibility index (Phi) is 4.03. The van der Waals surface area contributed by atoms with Crippen LogP contribution in [0, 0.1) is 0 Å². The zero-order valence-electron chi connectivity index (χ0n) is 7.14. The highest BCUT2D eigenvalue weighted by Gasteiger charge is 2.08. The van der Waals surface area contributed by atoms with Crippen LogP contribution in [0.5, 0.6) is 0 Å². The molecular weight excluding hydrogens is 220 g/mol. The second-order valence-electron chi connectivity index (χ2n) is 2.48. The van der Waals surface area contributed by atoms with Crippen LogP contribution in [0.1, 0.15) is 10.4 Å². The van der Waals surface area contributed by atoms with Crippen molar-refractivity contribution in [2.75, 3.05) is 5.75 Å². The van der Waals surface area contributed by atoms with E-state index in [9.17, 15) is 9.59 Å². The number of aliphatic carboxylic acids is 1. The van der Waals surface area contributed by atoms with Gasteiger partial charge >= 0.3 is 5.97 Å². The number of thiol groups is 1. The van der Waals surface area contributed by atoms with Crippen LogP contribution < -0.4 is 0 Å². The number of carbonyl (C=O) groups is 2. The molecule has 1 aromatic carbocycles. The predicted molar refractivity (Wildman–Crippen MR) is 58.1 cm³/mol. The van der Waals surface area contributed by atoms with Crippen LogP contribution in [0.15, 0.2) is 29.2 Å². The van der Waals surface area contributed by atoms with Crippen molar-refractivity contribution in [2.45, 2.75) is 4.90 Å². The van der Waals surface area contributed by atoms with E-state index >= 15 is 0 Å². The van der Waals surface area contributed by atoms with Crippen molar-refractivity contribution in [3.8, 4) is 0 Å². The zero-order valence-corrected chi connectivity index (χ0v) is 8.85. The van der Waals surface area contributed by atoms with Crippen molar-refractivity contribution < 1.29 is 14.7 Å². The second-order valence-corrected chi connectivity index (χ2v) is 3.91. The van der Waals surface area contributed by atoms with E-state index in [4.69, 9.17) is 5.11 Å². The SMILES string of the molecule is O=C(O)CSc1ccccc1C(=O)S. The highest BCUT2D eigenvalue weighted by Crippen LogP contribution is 2.23. The van der Waals surface area contributed by atoms with Crippen LogP contribution >= 0.6 is 24.4 Å². The fraction of sp³-hybridized carbons (Fsp3) is 0.111. The average molecular weight is 228 g/mol. The molecule has 0 fully saturated rings. The maximum absolute atomic E-state index is 11.0. The number of benzene rings is 1. The van der Waals surface area contributed by atoms with E-state index < -0.39 is 5.97 Å². The standard InChI is InChI=1S/C9H8O3S2/c10-8(11)5-14-7-4-2-1-3-6(7)9(12)13/h1-4H,5H2,(H,10,11)(H,12,13). The number of hydrogen-bond donors (Lipinski definition) is 2. The first-order chi connectivity index (χ1) is 6.61. The summed E-state index contributed by atoms with van der Waals surface area (Å²) in [5.41, 5.74) is 0.446. The van der Waals surface area contributed by atoms with Crippen LogP contribution in [0.2, 0.25) is 0 Å². The molecule has 5 heteroatoms. The lowest BCUT2D eigenvalue weighted by atomic mass is 10.2. The molecule has 0 radical (unpaired) electrons. The van der Waals surface area contributed by atoms with Gasteiger partial charge in [-0.05, 0) is 12.1 Å². The Morgan fingerprint density at radius 3 is 2.57 bits per heavy atom. The molecule has 1 N–H and O–H groups in total. The maximum atomic E-state index is 11.0. The van der Waals surface area contributed by atoms with E-state index in [-0.39, 0.29) is 10.9 Å². The molecule has 0 bridgehead atoms. The van der Waals surface area contributed by atoms with Crippen molar-refractivity contribution in [1.29, 1.82) is 0 Å². The minimum Gasteiger partial charge on any atom is -0.481 e. The third-order valence-electron chi connectivity index (χ3n) is 1.47. The summed E-state index contributed by atoms with van der Waals surface area (Å²) < 4.78 is 0. The summed E-state index contributed by atoms with van der Waals surface area (Å²) >= 11 is 4.82. The molecule has 14 heavy (non-hydrogen) atoms. The van der Waals surface area contributed by atoms with Crippen LogP contribution in [0.4, 0.5) is 0 Å². The summed E-state index contributed by atoms with van der Waals surface area (Å²) in [6.45, 7) is 0. The third kappa shape index (κ3) is 3.08.